The van der Waals surface area contributed by atoms with Crippen LogP contribution in [-0.2, 0) is 0 Å². The van der Waals surface area contributed by atoms with Crippen LogP contribution in [0, 0.1) is 0 Å². The molecule has 0 aliphatic rings. The highest BCUT2D eigenvalue weighted by Gasteiger charge is 2.17. The Labute approximate surface area is 91.1 Å². The monoisotopic (exact) mass is 230 g/mol. The van der Waals surface area contributed by atoms with E-state index in [4.69, 9.17) is 10.8 Å². The number of halogens is 2. The van der Waals surface area contributed by atoms with Crippen molar-refractivity contribution in [1.29, 1.82) is 0 Å². The van der Waals surface area contributed by atoms with Gasteiger partial charge >= 0.3 is 0 Å². The molecule has 0 aliphatic heterocycles. The minimum atomic E-state index is -2.87. The largest absolute Gasteiger partial charge is 0.399 e. The van der Waals surface area contributed by atoms with E-state index in [1.807, 2.05) is 0 Å². The van der Waals surface area contributed by atoms with E-state index in [0.717, 1.165) is 0 Å². The number of aliphatic hydroxyl groups excluding tert-OH is 1. The van der Waals surface area contributed by atoms with Gasteiger partial charge in [0.05, 0.1) is 0 Å². The van der Waals surface area contributed by atoms with E-state index in [1.54, 1.807) is 0 Å². The minimum Gasteiger partial charge on any atom is -0.399 e. The fraction of sp³-hybridized carbons (Fsp3) is 0.300. The Hall–Kier alpha value is -1.69. The van der Waals surface area contributed by atoms with Gasteiger partial charge in [-0.15, -0.1) is 0 Å². The fourth-order valence-corrected chi connectivity index (χ4v) is 1.02. The van der Waals surface area contributed by atoms with Crippen molar-refractivity contribution < 1.29 is 18.7 Å². The SMILES string of the molecule is Nc1ccc(C(=O)NCC(O)C(F)F)cc1. The van der Waals surface area contributed by atoms with Crippen LogP contribution in [0.2, 0.25) is 0 Å². The molecule has 0 saturated carbocycles. The molecule has 0 fully saturated rings. The number of carbonyl (C=O) groups is 1. The molecule has 1 rings (SSSR count). The highest BCUT2D eigenvalue weighted by Crippen LogP contribution is 2.05. The second kappa shape index (κ2) is 5.41. The van der Waals surface area contributed by atoms with Crippen LogP contribution in [0.4, 0.5) is 14.5 Å². The first-order valence-corrected chi connectivity index (χ1v) is 4.60. The van der Waals surface area contributed by atoms with Crippen molar-refractivity contribution in [3.8, 4) is 0 Å². The lowest BCUT2D eigenvalue weighted by Crippen LogP contribution is -2.35. The van der Waals surface area contributed by atoms with Crippen molar-refractivity contribution in [2.75, 3.05) is 12.3 Å². The third kappa shape index (κ3) is 3.47. The predicted molar refractivity (Wildman–Crippen MR) is 55.2 cm³/mol. The van der Waals surface area contributed by atoms with E-state index < -0.39 is 25.0 Å². The zero-order valence-corrected chi connectivity index (χ0v) is 8.36. The summed E-state index contributed by atoms with van der Waals surface area (Å²) in [6.07, 6.45) is -4.72. The summed E-state index contributed by atoms with van der Waals surface area (Å²) in [7, 11) is 0. The Balaban J connectivity index is 2.50. The van der Waals surface area contributed by atoms with Gasteiger partial charge < -0.3 is 16.2 Å². The van der Waals surface area contributed by atoms with E-state index in [-0.39, 0.29) is 0 Å². The number of nitrogen functional groups attached to an aromatic ring is 1. The molecule has 0 spiro atoms. The summed E-state index contributed by atoms with van der Waals surface area (Å²) in [6.45, 7) is -0.485. The summed E-state index contributed by atoms with van der Waals surface area (Å²) < 4.78 is 23.8. The van der Waals surface area contributed by atoms with Crippen molar-refractivity contribution in [3.63, 3.8) is 0 Å². The number of hydrogen-bond acceptors (Lipinski definition) is 3. The molecule has 6 heteroatoms. The molecule has 16 heavy (non-hydrogen) atoms. The van der Waals surface area contributed by atoms with Crippen molar-refractivity contribution in [3.05, 3.63) is 29.8 Å². The summed E-state index contributed by atoms with van der Waals surface area (Å²) in [6, 6.07) is 6.00. The third-order valence-corrected chi connectivity index (χ3v) is 1.94. The van der Waals surface area contributed by atoms with Crippen molar-refractivity contribution >= 4 is 11.6 Å². The van der Waals surface area contributed by atoms with Crippen LogP contribution in [0.5, 0.6) is 0 Å². The Bertz CT molecular complexity index is 354. The first-order valence-electron chi connectivity index (χ1n) is 4.60. The van der Waals surface area contributed by atoms with Crippen LogP contribution in [-0.4, -0.2) is 30.1 Å². The van der Waals surface area contributed by atoms with Crippen molar-refractivity contribution in [2.24, 2.45) is 0 Å². The first-order chi connectivity index (χ1) is 7.50. The van der Waals surface area contributed by atoms with Crippen molar-refractivity contribution in [1.82, 2.24) is 5.32 Å². The van der Waals surface area contributed by atoms with Crippen LogP contribution in [0.25, 0.3) is 0 Å². The van der Waals surface area contributed by atoms with Crippen LogP contribution in [0.3, 0.4) is 0 Å². The molecule has 1 unspecified atom stereocenters. The maximum atomic E-state index is 11.9. The summed E-state index contributed by atoms with van der Waals surface area (Å²) in [5.74, 6) is -0.528. The molecule has 4 N–H and O–H groups in total. The molecule has 0 radical (unpaired) electrons. The smallest absolute Gasteiger partial charge is 0.265 e. The van der Waals surface area contributed by atoms with Crippen molar-refractivity contribution in [2.45, 2.75) is 12.5 Å². The zero-order valence-electron chi connectivity index (χ0n) is 8.36. The molecule has 0 aliphatic carbocycles. The van der Waals surface area contributed by atoms with E-state index in [9.17, 15) is 13.6 Å². The summed E-state index contributed by atoms with van der Waals surface area (Å²) in [5, 5.41) is 11.0. The van der Waals surface area contributed by atoms with Crippen LogP contribution < -0.4 is 11.1 Å². The molecule has 1 amide bonds. The first kappa shape index (κ1) is 12.4. The summed E-state index contributed by atoms with van der Waals surface area (Å²) in [4.78, 5) is 11.4. The number of alkyl halides is 2. The van der Waals surface area contributed by atoms with Gasteiger partial charge in [0.25, 0.3) is 12.3 Å². The average molecular weight is 230 g/mol. The van der Waals surface area contributed by atoms with Gasteiger partial charge in [-0.05, 0) is 24.3 Å². The lowest BCUT2D eigenvalue weighted by atomic mass is 10.2. The van der Waals surface area contributed by atoms with Gasteiger partial charge in [-0.1, -0.05) is 0 Å². The molecule has 0 aromatic heterocycles. The van der Waals surface area contributed by atoms with Gasteiger partial charge in [0, 0.05) is 17.8 Å². The average Bonchev–Trinajstić information content (AvgIpc) is 2.26. The van der Waals surface area contributed by atoms with E-state index in [2.05, 4.69) is 5.32 Å². The van der Waals surface area contributed by atoms with Gasteiger partial charge in [0.1, 0.15) is 6.10 Å². The number of aliphatic hydroxyl groups is 1. The van der Waals surface area contributed by atoms with Crippen LogP contribution in [0.1, 0.15) is 10.4 Å². The van der Waals surface area contributed by atoms with Gasteiger partial charge in [-0.2, -0.15) is 0 Å². The maximum Gasteiger partial charge on any atom is 0.265 e. The van der Waals surface area contributed by atoms with E-state index >= 15 is 0 Å². The highest BCUT2D eigenvalue weighted by atomic mass is 19.3. The van der Waals surface area contributed by atoms with E-state index in [0.29, 0.717) is 11.3 Å². The number of amides is 1. The lowest BCUT2D eigenvalue weighted by molar-refractivity contribution is -0.00270. The molecule has 1 aromatic carbocycles. The Morgan fingerprint density at radius 1 is 1.38 bits per heavy atom. The minimum absolute atomic E-state index is 0.302. The van der Waals surface area contributed by atoms with Gasteiger partial charge in [-0.3, -0.25) is 4.79 Å². The summed E-state index contributed by atoms with van der Waals surface area (Å²) in [5.41, 5.74) is 6.22. The van der Waals surface area contributed by atoms with Gasteiger partial charge in [-0.25, -0.2) is 8.78 Å². The summed E-state index contributed by atoms with van der Waals surface area (Å²) >= 11 is 0. The molecule has 4 nitrogen and oxygen atoms in total. The fourth-order valence-electron chi connectivity index (χ4n) is 1.02. The van der Waals surface area contributed by atoms with E-state index in [1.165, 1.54) is 24.3 Å². The number of anilines is 1. The Morgan fingerprint density at radius 3 is 2.44 bits per heavy atom. The molecular weight excluding hydrogens is 218 g/mol. The molecule has 0 saturated heterocycles. The second-order valence-corrected chi connectivity index (χ2v) is 3.23. The molecule has 1 atom stereocenters. The standard InChI is InChI=1S/C10H12F2N2O2/c11-9(12)8(15)5-14-10(16)6-1-3-7(13)4-2-6/h1-4,8-9,15H,5,13H2,(H,14,16). The molecule has 0 heterocycles. The Kier molecular flexibility index (Phi) is 4.19. The third-order valence-electron chi connectivity index (χ3n) is 1.94. The van der Waals surface area contributed by atoms with Gasteiger partial charge in [0.2, 0.25) is 0 Å². The molecule has 0 bridgehead atoms. The van der Waals surface area contributed by atoms with Crippen LogP contribution >= 0.6 is 0 Å². The number of hydrogen-bond donors (Lipinski definition) is 3. The molecular formula is C10H12F2N2O2. The topological polar surface area (TPSA) is 75.4 Å². The Morgan fingerprint density at radius 2 is 1.94 bits per heavy atom. The molecule has 88 valence electrons. The van der Waals surface area contributed by atoms with Gasteiger partial charge in [0.15, 0.2) is 0 Å². The lowest BCUT2D eigenvalue weighted by Gasteiger charge is -2.10. The maximum absolute atomic E-state index is 11.9. The number of nitrogens with one attached hydrogen (secondary N) is 1. The number of benzene rings is 1. The number of nitrogens with two attached hydrogens (primary N) is 1. The normalized spacial score (nSPS) is 12.5. The van der Waals surface area contributed by atoms with Crippen LogP contribution in [0.15, 0.2) is 24.3 Å². The zero-order chi connectivity index (χ0) is 12.1. The number of carbonyl (C=O) groups excluding carboxylic acids is 1. The predicted octanol–water partition coefficient (Wildman–Crippen LogP) is 0.625. The quantitative estimate of drug-likeness (QED) is 0.664. The second-order valence-electron chi connectivity index (χ2n) is 3.23. The molecule has 1 aromatic rings. The highest BCUT2D eigenvalue weighted by molar-refractivity contribution is 5.94. The number of rotatable bonds is 4.